The van der Waals surface area contributed by atoms with Crippen molar-refractivity contribution in [3.63, 3.8) is 0 Å². The molecule has 0 fully saturated rings. The van der Waals surface area contributed by atoms with Gasteiger partial charge in [0.2, 0.25) is 0 Å². The third-order valence-corrected chi connectivity index (χ3v) is 4.53. The minimum atomic E-state index is -0.442. The highest BCUT2D eigenvalue weighted by atomic mass is 16.5. The molecule has 1 aliphatic heterocycles. The van der Waals surface area contributed by atoms with Crippen LogP contribution in [0.15, 0.2) is 60.4 Å². The molecule has 25 heavy (non-hydrogen) atoms. The first-order chi connectivity index (χ1) is 12.0. The number of para-hydroxylation sites is 1. The van der Waals surface area contributed by atoms with Gasteiger partial charge in [-0.15, -0.1) is 0 Å². The van der Waals surface area contributed by atoms with E-state index in [4.69, 9.17) is 4.74 Å². The Morgan fingerprint density at radius 1 is 1.36 bits per heavy atom. The SMILES string of the molecule is C=C(/C=C\C(O)=C/C)[C@@H]1N[C@@H](C(=O)OC)Cc2c1[nH]c1ccccc21. The molecule has 3 N–H and O–H groups in total. The quantitative estimate of drug-likeness (QED) is 0.453. The lowest BCUT2D eigenvalue weighted by atomic mass is 9.90. The summed E-state index contributed by atoms with van der Waals surface area (Å²) >= 11 is 0. The lowest BCUT2D eigenvalue weighted by Gasteiger charge is -2.30. The Kier molecular flexibility index (Phi) is 4.76. The molecule has 2 aromatic rings. The van der Waals surface area contributed by atoms with Crippen LogP contribution in [0.5, 0.6) is 0 Å². The fraction of sp³-hybridized carbons (Fsp3) is 0.250. The highest BCUT2D eigenvalue weighted by molar-refractivity contribution is 5.87. The molecule has 0 unspecified atom stereocenters. The fourth-order valence-corrected chi connectivity index (χ4v) is 3.21. The van der Waals surface area contributed by atoms with E-state index in [9.17, 15) is 9.90 Å². The van der Waals surface area contributed by atoms with Gasteiger partial charge in [-0.3, -0.25) is 10.1 Å². The standard InChI is InChI=1S/C20H22N2O3/c1-4-13(23)10-9-12(2)18-19-15(11-17(22-18)20(24)25-3)14-7-5-6-8-16(14)21-19/h4-10,17-18,21-23H,2,11H2,1,3H3/b10-9-,13-4+/t17-,18+/m1/s1. The second kappa shape index (κ2) is 6.99. The molecule has 0 bridgehead atoms. The number of aromatic nitrogens is 1. The van der Waals surface area contributed by atoms with Gasteiger partial charge >= 0.3 is 5.97 Å². The zero-order chi connectivity index (χ0) is 18.0. The van der Waals surface area contributed by atoms with Crippen molar-refractivity contribution < 1.29 is 14.6 Å². The van der Waals surface area contributed by atoms with Crippen LogP contribution in [0.2, 0.25) is 0 Å². The van der Waals surface area contributed by atoms with Crippen LogP contribution in [0.25, 0.3) is 10.9 Å². The molecule has 2 heterocycles. The van der Waals surface area contributed by atoms with Gasteiger partial charge in [-0.2, -0.15) is 0 Å². The molecule has 1 aromatic carbocycles. The molecule has 0 saturated heterocycles. The van der Waals surface area contributed by atoms with Crippen LogP contribution in [-0.2, 0) is 16.0 Å². The molecule has 130 valence electrons. The van der Waals surface area contributed by atoms with Gasteiger partial charge in [0.25, 0.3) is 0 Å². The predicted octanol–water partition coefficient (Wildman–Crippen LogP) is 3.47. The van der Waals surface area contributed by atoms with E-state index in [1.54, 1.807) is 25.2 Å². The van der Waals surface area contributed by atoms with Gasteiger partial charge in [0, 0.05) is 23.0 Å². The van der Waals surface area contributed by atoms with Crippen LogP contribution in [0, 0.1) is 0 Å². The van der Waals surface area contributed by atoms with Gasteiger partial charge in [0.05, 0.1) is 13.2 Å². The van der Waals surface area contributed by atoms with Crippen LogP contribution >= 0.6 is 0 Å². The zero-order valence-electron chi connectivity index (χ0n) is 14.4. The number of nitrogens with one attached hydrogen (secondary N) is 2. The number of H-pyrrole nitrogens is 1. The third-order valence-electron chi connectivity index (χ3n) is 4.53. The molecule has 3 rings (SSSR count). The van der Waals surface area contributed by atoms with Crippen molar-refractivity contribution in [3.8, 4) is 0 Å². The van der Waals surface area contributed by atoms with Crippen LogP contribution < -0.4 is 5.32 Å². The third kappa shape index (κ3) is 3.23. The molecule has 2 atom stereocenters. The minimum Gasteiger partial charge on any atom is -0.508 e. The van der Waals surface area contributed by atoms with Gasteiger partial charge in [-0.25, -0.2) is 0 Å². The number of aliphatic hydroxyl groups excluding tert-OH is 1. The number of aromatic amines is 1. The maximum atomic E-state index is 12.1. The summed E-state index contributed by atoms with van der Waals surface area (Å²) in [6, 6.07) is 7.32. The Morgan fingerprint density at radius 3 is 2.84 bits per heavy atom. The number of methoxy groups -OCH3 is 1. The van der Waals surface area contributed by atoms with Crippen molar-refractivity contribution in [2.24, 2.45) is 0 Å². The van der Waals surface area contributed by atoms with Crippen molar-refractivity contribution in [2.45, 2.75) is 25.4 Å². The molecule has 0 spiro atoms. The number of benzene rings is 1. The number of hydrogen-bond acceptors (Lipinski definition) is 4. The van der Waals surface area contributed by atoms with Gasteiger partial charge in [0.1, 0.15) is 11.8 Å². The van der Waals surface area contributed by atoms with E-state index in [1.807, 2.05) is 24.3 Å². The highest BCUT2D eigenvalue weighted by Crippen LogP contribution is 2.35. The van der Waals surface area contributed by atoms with Crippen molar-refractivity contribution in [2.75, 3.05) is 7.11 Å². The van der Waals surface area contributed by atoms with E-state index in [-0.39, 0.29) is 17.8 Å². The lowest BCUT2D eigenvalue weighted by Crippen LogP contribution is -2.45. The number of rotatable bonds is 4. The Bertz CT molecular complexity index is 876. The van der Waals surface area contributed by atoms with E-state index in [1.165, 1.54) is 7.11 Å². The zero-order valence-corrected chi connectivity index (χ0v) is 14.4. The largest absolute Gasteiger partial charge is 0.508 e. The van der Waals surface area contributed by atoms with Gasteiger partial charge < -0.3 is 14.8 Å². The summed E-state index contributed by atoms with van der Waals surface area (Å²) in [5.41, 5.74) is 3.86. The Labute approximate surface area is 146 Å². The average Bonchev–Trinajstić information content (AvgIpc) is 3.02. The van der Waals surface area contributed by atoms with Crippen LogP contribution in [-0.4, -0.2) is 29.2 Å². The van der Waals surface area contributed by atoms with Crippen molar-refractivity contribution in [3.05, 3.63) is 71.7 Å². The number of fused-ring (bicyclic) bond motifs is 3. The number of carbonyl (C=O) groups excluding carboxylic acids is 1. The van der Waals surface area contributed by atoms with E-state index in [0.29, 0.717) is 6.42 Å². The summed E-state index contributed by atoms with van der Waals surface area (Å²) in [7, 11) is 1.39. The number of esters is 1. The molecule has 0 aliphatic carbocycles. The van der Waals surface area contributed by atoms with Gasteiger partial charge in [0.15, 0.2) is 0 Å². The first-order valence-corrected chi connectivity index (χ1v) is 8.20. The molecule has 5 nitrogen and oxygen atoms in total. The van der Waals surface area contributed by atoms with E-state index < -0.39 is 6.04 Å². The van der Waals surface area contributed by atoms with Crippen LogP contribution in [0.4, 0.5) is 0 Å². The highest BCUT2D eigenvalue weighted by Gasteiger charge is 2.34. The molecule has 1 aromatic heterocycles. The predicted molar refractivity (Wildman–Crippen MR) is 98.3 cm³/mol. The minimum absolute atomic E-state index is 0.165. The molecular formula is C20H22N2O3. The molecular weight excluding hydrogens is 316 g/mol. The molecule has 5 heteroatoms. The number of hydrogen-bond donors (Lipinski definition) is 3. The molecule has 0 radical (unpaired) electrons. The number of ether oxygens (including phenoxy) is 1. The summed E-state index contributed by atoms with van der Waals surface area (Å²) in [5.74, 6) is -0.132. The Hall–Kier alpha value is -2.79. The van der Waals surface area contributed by atoms with E-state index >= 15 is 0 Å². The Morgan fingerprint density at radius 2 is 2.12 bits per heavy atom. The van der Waals surface area contributed by atoms with Gasteiger partial charge in [-0.1, -0.05) is 30.9 Å². The maximum Gasteiger partial charge on any atom is 0.323 e. The molecule has 1 aliphatic rings. The number of allylic oxidation sites excluding steroid dienone is 2. The van der Waals surface area contributed by atoms with E-state index in [2.05, 4.69) is 16.9 Å². The summed E-state index contributed by atoms with van der Waals surface area (Å²) in [6.07, 6.45) is 5.50. The van der Waals surface area contributed by atoms with Gasteiger partial charge in [-0.05, 0) is 36.3 Å². The first kappa shape index (κ1) is 17.0. The fourth-order valence-electron chi connectivity index (χ4n) is 3.21. The number of aliphatic hydroxyl groups is 1. The van der Waals surface area contributed by atoms with E-state index in [0.717, 1.165) is 27.7 Å². The lowest BCUT2D eigenvalue weighted by molar-refractivity contribution is -0.143. The first-order valence-electron chi connectivity index (χ1n) is 8.20. The monoisotopic (exact) mass is 338 g/mol. The maximum absolute atomic E-state index is 12.1. The summed E-state index contributed by atoms with van der Waals surface area (Å²) in [4.78, 5) is 15.6. The topological polar surface area (TPSA) is 74.3 Å². The summed E-state index contributed by atoms with van der Waals surface area (Å²) in [5, 5.41) is 14.0. The second-order valence-corrected chi connectivity index (χ2v) is 6.06. The normalized spacial score (nSPS) is 20.6. The Balaban J connectivity index is 2.04. The summed E-state index contributed by atoms with van der Waals surface area (Å²) in [6.45, 7) is 5.87. The van der Waals surface area contributed by atoms with Crippen molar-refractivity contribution >= 4 is 16.9 Å². The molecule has 0 amide bonds. The van der Waals surface area contributed by atoms with Crippen LogP contribution in [0.1, 0.15) is 24.2 Å². The summed E-state index contributed by atoms with van der Waals surface area (Å²) < 4.78 is 4.93. The van der Waals surface area contributed by atoms with Crippen molar-refractivity contribution in [1.82, 2.24) is 10.3 Å². The molecule has 0 saturated carbocycles. The second-order valence-electron chi connectivity index (χ2n) is 6.06. The number of carbonyl (C=O) groups is 1. The van der Waals surface area contributed by atoms with Crippen molar-refractivity contribution in [1.29, 1.82) is 0 Å². The smallest absolute Gasteiger partial charge is 0.323 e. The average molecular weight is 338 g/mol. The van der Waals surface area contributed by atoms with Crippen LogP contribution in [0.3, 0.4) is 0 Å².